The zero-order chi connectivity index (χ0) is 21.8. The van der Waals surface area contributed by atoms with E-state index in [0.717, 1.165) is 48.9 Å². The molecule has 0 bridgehead atoms. The molecule has 0 unspecified atom stereocenters. The number of nitrogens with zero attached hydrogens (tertiary/aromatic N) is 3. The Morgan fingerprint density at radius 2 is 2.26 bits per heavy atom. The Balaban J connectivity index is 1.50. The van der Waals surface area contributed by atoms with Crippen LogP contribution in [0.3, 0.4) is 0 Å². The molecule has 3 atom stereocenters. The molecule has 2 heterocycles. The van der Waals surface area contributed by atoms with E-state index in [2.05, 4.69) is 20.8 Å². The van der Waals surface area contributed by atoms with Gasteiger partial charge in [-0.2, -0.15) is 5.10 Å². The maximum atomic E-state index is 13.1. The number of anilines is 1. The predicted molar refractivity (Wildman–Crippen MR) is 116 cm³/mol. The SMILES string of the molecule is COC[C@H]1CCc2cc3c(c(NC(=O)N=[S@@](N)(=O)c4cnn5c4OC[C@H]5C)c21)CCC3. The summed E-state index contributed by atoms with van der Waals surface area (Å²) in [6, 6.07) is 1.57. The van der Waals surface area contributed by atoms with Crippen LogP contribution in [0.25, 0.3) is 0 Å². The van der Waals surface area contributed by atoms with E-state index in [1.165, 1.54) is 17.3 Å². The van der Waals surface area contributed by atoms with Crippen LogP contribution in [0.1, 0.15) is 54.0 Å². The van der Waals surface area contributed by atoms with Crippen LogP contribution in [0, 0.1) is 0 Å². The number of ether oxygens (including phenoxy) is 2. The molecule has 9 nitrogen and oxygen atoms in total. The van der Waals surface area contributed by atoms with Crippen molar-refractivity contribution in [2.24, 2.45) is 9.50 Å². The zero-order valence-electron chi connectivity index (χ0n) is 17.7. The Kier molecular flexibility index (Phi) is 5.03. The molecule has 1 aliphatic heterocycles. The monoisotopic (exact) mass is 445 g/mol. The Labute approximate surface area is 181 Å². The zero-order valence-corrected chi connectivity index (χ0v) is 18.5. The molecule has 166 valence electrons. The number of carbonyl (C=O) groups excluding carboxylic acids is 1. The maximum Gasteiger partial charge on any atom is 0.354 e. The second-order valence-corrected chi connectivity index (χ2v) is 10.3. The number of fused-ring (bicyclic) bond motifs is 3. The predicted octanol–water partition coefficient (Wildman–Crippen LogP) is 2.93. The van der Waals surface area contributed by atoms with Crippen molar-refractivity contribution in [3.05, 3.63) is 34.5 Å². The summed E-state index contributed by atoms with van der Waals surface area (Å²) in [6.45, 7) is 2.95. The Hall–Kier alpha value is -2.43. The molecule has 2 aromatic rings. The number of nitrogens with one attached hydrogen (secondary N) is 1. The smallest absolute Gasteiger partial charge is 0.354 e. The molecule has 3 aliphatic rings. The van der Waals surface area contributed by atoms with Crippen molar-refractivity contribution in [3.8, 4) is 5.88 Å². The maximum absolute atomic E-state index is 13.1. The van der Waals surface area contributed by atoms with Gasteiger partial charge >= 0.3 is 6.03 Å². The van der Waals surface area contributed by atoms with Gasteiger partial charge in [-0.05, 0) is 61.3 Å². The van der Waals surface area contributed by atoms with E-state index in [4.69, 9.17) is 14.6 Å². The van der Waals surface area contributed by atoms with Crippen LogP contribution in [0.4, 0.5) is 10.5 Å². The van der Waals surface area contributed by atoms with Gasteiger partial charge < -0.3 is 14.8 Å². The van der Waals surface area contributed by atoms with Crippen LogP contribution in [0.15, 0.2) is 21.5 Å². The average molecular weight is 446 g/mol. The Morgan fingerprint density at radius 1 is 1.42 bits per heavy atom. The van der Waals surface area contributed by atoms with Gasteiger partial charge in [0.25, 0.3) is 0 Å². The fraction of sp³-hybridized carbons (Fsp3) is 0.524. The molecular weight excluding hydrogens is 418 g/mol. The van der Waals surface area contributed by atoms with E-state index < -0.39 is 15.9 Å². The average Bonchev–Trinajstić information content (AvgIpc) is 3.47. The summed E-state index contributed by atoms with van der Waals surface area (Å²) >= 11 is 0. The summed E-state index contributed by atoms with van der Waals surface area (Å²) in [7, 11) is -1.82. The van der Waals surface area contributed by atoms with Crippen molar-refractivity contribution in [2.45, 2.75) is 55.9 Å². The third-order valence-corrected chi connectivity index (χ3v) is 7.77. The van der Waals surface area contributed by atoms with Crippen molar-refractivity contribution in [1.29, 1.82) is 0 Å². The fourth-order valence-corrected chi connectivity index (χ4v) is 6.03. The molecule has 5 rings (SSSR count). The van der Waals surface area contributed by atoms with E-state index in [1.807, 2.05) is 6.92 Å². The van der Waals surface area contributed by atoms with Crippen molar-refractivity contribution >= 4 is 21.6 Å². The van der Waals surface area contributed by atoms with Crippen molar-refractivity contribution in [3.63, 3.8) is 0 Å². The highest BCUT2D eigenvalue weighted by atomic mass is 32.2. The quantitative estimate of drug-likeness (QED) is 0.749. The lowest BCUT2D eigenvalue weighted by Gasteiger charge is -2.19. The number of benzene rings is 1. The fourth-order valence-electron chi connectivity index (χ4n) is 5.04. The van der Waals surface area contributed by atoms with Crippen LogP contribution >= 0.6 is 0 Å². The molecule has 1 aromatic heterocycles. The molecule has 1 aromatic carbocycles. The number of urea groups is 1. The van der Waals surface area contributed by atoms with E-state index >= 15 is 0 Å². The number of hydrogen-bond acceptors (Lipinski definition) is 5. The minimum Gasteiger partial charge on any atom is -0.475 e. The van der Waals surface area contributed by atoms with Gasteiger partial charge in [-0.1, -0.05) is 6.07 Å². The van der Waals surface area contributed by atoms with Crippen LogP contribution in [-0.2, 0) is 33.9 Å². The first-order chi connectivity index (χ1) is 14.9. The van der Waals surface area contributed by atoms with E-state index in [9.17, 15) is 9.00 Å². The number of methoxy groups -OCH3 is 1. The molecule has 0 radical (unpaired) electrons. The van der Waals surface area contributed by atoms with Gasteiger partial charge in [0.05, 0.1) is 18.8 Å². The van der Waals surface area contributed by atoms with Gasteiger partial charge in [0, 0.05) is 18.7 Å². The highest BCUT2D eigenvalue weighted by molar-refractivity contribution is 7.91. The number of rotatable bonds is 4. The van der Waals surface area contributed by atoms with Crippen LogP contribution in [0.2, 0.25) is 0 Å². The number of aryl methyl sites for hydroxylation is 2. The van der Waals surface area contributed by atoms with Gasteiger partial charge in [0.15, 0.2) is 9.92 Å². The molecule has 0 saturated heterocycles. The summed E-state index contributed by atoms with van der Waals surface area (Å²) in [4.78, 5) is 13.1. The van der Waals surface area contributed by atoms with Gasteiger partial charge in [-0.3, -0.25) is 0 Å². The van der Waals surface area contributed by atoms with E-state index in [-0.39, 0.29) is 16.9 Å². The third-order valence-electron chi connectivity index (χ3n) is 6.43. The first kappa shape index (κ1) is 20.5. The van der Waals surface area contributed by atoms with Crippen LogP contribution in [-0.4, -0.2) is 40.3 Å². The van der Waals surface area contributed by atoms with Gasteiger partial charge in [-0.25, -0.2) is 18.8 Å². The second kappa shape index (κ2) is 7.61. The van der Waals surface area contributed by atoms with Crippen LogP contribution in [0.5, 0.6) is 5.88 Å². The lowest BCUT2D eigenvalue weighted by molar-refractivity contribution is 0.179. The normalized spacial score (nSPS) is 22.9. The van der Waals surface area contributed by atoms with Crippen molar-refractivity contribution in [2.75, 3.05) is 25.6 Å². The van der Waals surface area contributed by atoms with E-state index in [0.29, 0.717) is 19.1 Å². The Bertz CT molecular complexity index is 1180. The summed E-state index contributed by atoms with van der Waals surface area (Å²) in [5, 5.41) is 13.1. The van der Waals surface area contributed by atoms with Crippen LogP contribution < -0.4 is 15.2 Å². The second-order valence-electron chi connectivity index (χ2n) is 8.52. The van der Waals surface area contributed by atoms with Gasteiger partial charge in [-0.15, -0.1) is 4.36 Å². The number of hydrogen-bond donors (Lipinski definition) is 2. The molecule has 2 amide bonds. The molecule has 0 saturated carbocycles. The molecule has 10 heteroatoms. The Morgan fingerprint density at radius 3 is 3.06 bits per heavy atom. The molecule has 31 heavy (non-hydrogen) atoms. The minimum absolute atomic E-state index is 0.0139. The van der Waals surface area contributed by atoms with Gasteiger partial charge in [0.1, 0.15) is 11.5 Å². The molecular formula is C21H27N5O4S. The summed E-state index contributed by atoms with van der Waals surface area (Å²) in [6.07, 6.45) is 6.28. The topological polar surface area (TPSA) is 121 Å². The largest absolute Gasteiger partial charge is 0.475 e. The molecule has 2 aliphatic carbocycles. The summed E-state index contributed by atoms with van der Waals surface area (Å²) < 4.78 is 29.6. The lowest BCUT2D eigenvalue weighted by atomic mass is 9.94. The highest BCUT2D eigenvalue weighted by Crippen LogP contribution is 2.44. The number of amides is 2. The first-order valence-electron chi connectivity index (χ1n) is 10.6. The highest BCUT2D eigenvalue weighted by Gasteiger charge is 2.32. The summed E-state index contributed by atoms with van der Waals surface area (Å²) in [5.74, 6) is 0.537. The summed E-state index contributed by atoms with van der Waals surface area (Å²) in [5.41, 5.74) is 5.61. The lowest BCUT2D eigenvalue weighted by Crippen LogP contribution is -2.19. The van der Waals surface area contributed by atoms with Crippen molar-refractivity contribution < 1.29 is 18.5 Å². The number of nitrogens with two attached hydrogens (primary N) is 1. The van der Waals surface area contributed by atoms with Gasteiger partial charge in [0.2, 0.25) is 5.88 Å². The molecule has 3 N–H and O–H groups in total. The standard InChI is InChI=1S/C21H27N5O4S/c1-12-10-30-20-17(9-23-26(12)20)31(22,28)25-21(27)24-19-16-5-3-4-13(16)8-14-6-7-15(11-29-2)18(14)19/h8-9,12,15H,3-7,10-11H2,1-2H3,(H3,22,24,25,27,28)/t12-,15-,31-/m1/s1. The number of carbonyl (C=O) groups is 1. The van der Waals surface area contributed by atoms with Crippen molar-refractivity contribution in [1.82, 2.24) is 9.78 Å². The molecule has 0 spiro atoms. The van der Waals surface area contributed by atoms with E-state index in [1.54, 1.807) is 11.8 Å². The third kappa shape index (κ3) is 3.42. The minimum atomic E-state index is -3.51. The first-order valence-corrected chi connectivity index (χ1v) is 12.2. The number of aromatic nitrogens is 2. The molecule has 0 fully saturated rings.